The van der Waals surface area contributed by atoms with E-state index in [1.807, 2.05) is 37.3 Å². The van der Waals surface area contributed by atoms with Crippen LogP contribution in [0.5, 0.6) is 0 Å². The molecule has 1 aromatic carbocycles. The van der Waals surface area contributed by atoms with E-state index in [4.69, 9.17) is 0 Å². The highest BCUT2D eigenvalue weighted by Gasteiger charge is 2.07. The van der Waals surface area contributed by atoms with E-state index in [0.717, 1.165) is 11.1 Å². The molecule has 2 rings (SSSR count). The lowest BCUT2D eigenvalue weighted by Gasteiger charge is -2.09. The van der Waals surface area contributed by atoms with Gasteiger partial charge in [0.15, 0.2) is 0 Å². The van der Waals surface area contributed by atoms with E-state index in [1.54, 1.807) is 18.5 Å². The van der Waals surface area contributed by atoms with E-state index in [2.05, 4.69) is 15.5 Å². The Morgan fingerprint density at radius 1 is 1.39 bits per heavy atom. The van der Waals surface area contributed by atoms with Crippen molar-refractivity contribution in [2.45, 2.75) is 13.0 Å². The number of aromatic nitrogens is 2. The Morgan fingerprint density at radius 3 is 2.83 bits per heavy atom. The molecule has 0 aliphatic carbocycles. The predicted molar refractivity (Wildman–Crippen MR) is 70.6 cm³/mol. The largest absolute Gasteiger partial charge is 0.346 e. The van der Waals surface area contributed by atoms with Gasteiger partial charge in [-0.05, 0) is 18.6 Å². The monoisotopic (exact) mass is 241 g/mol. The number of rotatable bonds is 4. The second kappa shape index (κ2) is 5.82. The zero-order valence-electron chi connectivity index (χ0n) is 10.1. The lowest BCUT2D eigenvalue weighted by Crippen LogP contribution is -2.24. The minimum absolute atomic E-state index is 0.0586. The summed E-state index contributed by atoms with van der Waals surface area (Å²) in [6, 6.07) is 9.65. The molecule has 0 spiro atoms. The van der Waals surface area contributed by atoms with Crippen molar-refractivity contribution >= 4 is 12.0 Å². The van der Waals surface area contributed by atoms with Crippen molar-refractivity contribution in [3.05, 3.63) is 59.9 Å². The van der Waals surface area contributed by atoms with Crippen molar-refractivity contribution in [2.75, 3.05) is 0 Å². The van der Waals surface area contributed by atoms with Crippen LogP contribution >= 0.6 is 0 Å². The smallest absolute Gasteiger partial charge is 0.244 e. The molecule has 4 heteroatoms. The third kappa shape index (κ3) is 3.31. The van der Waals surface area contributed by atoms with Gasteiger partial charge in [-0.3, -0.25) is 9.89 Å². The summed E-state index contributed by atoms with van der Waals surface area (Å²) in [6.45, 7) is 1.92. The highest BCUT2D eigenvalue weighted by molar-refractivity contribution is 5.91. The number of hydrogen-bond acceptors (Lipinski definition) is 2. The first kappa shape index (κ1) is 12.1. The summed E-state index contributed by atoms with van der Waals surface area (Å²) >= 11 is 0. The van der Waals surface area contributed by atoms with Crippen LogP contribution in [-0.2, 0) is 4.79 Å². The second-order valence-corrected chi connectivity index (χ2v) is 4.01. The van der Waals surface area contributed by atoms with Gasteiger partial charge in [0.2, 0.25) is 5.91 Å². The summed E-state index contributed by atoms with van der Waals surface area (Å²) in [5.41, 5.74) is 1.96. The first-order valence-electron chi connectivity index (χ1n) is 5.78. The van der Waals surface area contributed by atoms with Crippen LogP contribution in [0.4, 0.5) is 0 Å². The standard InChI is InChI=1S/C14H15N3O/c1-11(13-9-15-16-10-13)17-14(18)8-7-12-5-3-2-4-6-12/h2-11H,1H3,(H,15,16)(H,17,18)/b8-7+. The fourth-order valence-corrected chi connectivity index (χ4v) is 1.58. The van der Waals surface area contributed by atoms with Crippen LogP contribution in [0, 0.1) is 0 Å². The number of nitrogens with one attached hydrogen (secondary N) is 2. The van der Waals surface area contributed by atoms with Crippen LogP contribution < -0.4 is 5.32 Å². The van der Waals surface area contributed by atoms with Crippen molar-refractivity contribution in [2.24, 2.45) is 0 Å². The van der Waals surface area contributed by atoms with Crippen molar-refractivity contribution in [1.29, 1.82) is 0 Å². The highest BCUT2D eigenvalue weighted by atomic mass is 16.1. The maximum absolute atomic E-state index is 11.7. The van der Waals surface area contributed by atoms with E-state index in [0.29, 0.717) is 0 Å². The zero-order chi connectivity index (χ0) is 12.8. The van der Waals surface area contributed by atoms with Gasteiger partial charge in [0.05, 0.1) is 12.2 Å². The van der Waals surface area contributed by atoms with Gasteiger partial charge in [0.25, 0.3) is 0 Å². The highest BCUT2D eigenvalue weighted by Crippen LogP contribution is 2.09. The number of aromatic amines is 1. The van der Waals surface area contributed by atoms with E-state index in [-0.39, 0.29) is 11.9 Å². The SMILES string of the molecule is CC(NC(=O)/C=C/c1ccccc1)c1cn[nH]c1. The van der Waals surface area contributed by atoms with E-state index < -0.39 is 0 Å². The summed E-state index contributed by atoms with van der Waals surface area (Å²) in [6.07, 6.45) is 6.79. The van der Waals surface area contributed by atoms with Crippen molar-refractivity contribution < 1.29 is 4.79 Å². The summed E-state index contributed by atoms with van der Waals surface area (Å²) in [5, 5.41) is 9.44. The summed E-state index contributed by atoms with van der Waals surface area (Å²) in [5.74, 6) is -0.118. The summed E-state index contributed by atoms with van der Waals surface area (Å²) in [7, 11) is 0. The molecule has 18 heavy (non-hydrogen) atoms. The maximum Gasteiger partial charge on any atom is 0.244 e. The normalized spacial score (nSPS) is 12.5. The summed E-state index contributed by atoms with van der Waals surface area (Å²) < 4.78 is 0. The Labute approximate surface area is 106 Å². The van der Waals surface area contributed by atoms with Crippen molar-refractivity contribution in [1.82, 2.24) is 15.5 Å². The van der Waals surface area contributed by atoms with E-state index in [9.17, 15) is 4.79 Å². The van der Waals surface area contributed by atoms with Gasteiger partial charge in [-0.25, -0.2) is 0 Å². The van der Waals surface area contributed by atoms with Gasteiger partial charge in [0.1, 0.15) is 0 Å². The molecule has 1 heterocycles. The Balaban J connectivity index is 1.91. The number of amides is 1. The number of carbonyl (C=O) groups excluding carboxylic acids is 1. The lowest BCUT2D eigenvalue weighted by molar-refractivity contribution is -0.117. The molecule has 2 N–H and O–H groups in total. The Hall–Kier alpha value is -2.36. The molecule has 0 saturated heterocycles. The number of benzene rings is 1. The average Bonchev–Trinajstić information content (AvgIpc) is 2.91. The molecule has 1 unspecified atom stereocenters. The predicted octanol–water partition coefficient (Wildman–Crippen LogP) is 2.30. The third-order valence-electron chi connectivity index (χ3n) is 2.60. The third-order valence-corrected chi connectivity index (χ3v) is 2.60. The molecule has 0 aliphatic rings. The molecule has 2 aromatic rings. The number of carbonyl (C=O) groups is 1. The Bertz CT molecular complexity index is 517. The molecule has 4 nitrogen and oxygen atoms in total. The zero-order valence-corrected chi connectivity index (χ0v) is 10.1. The molecular formula is C14H15N3O. The second-order valence-electron chi connectivity index (χ2n) is 4.01. The van der Waals surface area contributed by atoms with Crippen LogP contribution in [-0.4, -0.2) is 16.1 Å². The van der Waals surface area contributed by atoms with Gasteiger partial charge in [-0.1, -0.05) is 30.3 Å². The van der Waals surface area contributed by atoms with Gasteiger partial charge in [-0.2, -0.15) is 5.10 Å². The van der Waals surface area contributed by atoms with Crippen molar-refractivity contribution in [3.8, 4) is 0 Å². The Morgan fingerprint density at radius 2 is 2.17 bits per heavy atom. The Kier molecular flexibility index (Phi) is 3.91. The van der Waals surface area contributed by atoms with Crippen LogP contribution in [0.15, 0.2) is 48.8 Å². The number of nitrogens with zero attached hydrogens (tertiary/aromatic N) is 1. The van der Waals surface area contributed by atoms with Gasteiger partial charge in [0, 0.05) is 17.8 Å². The minimum atomic E-state index is -0.118. The molecule has 0 fully saturated rings. The van der Waals surface area contributed by atoms with Crippen LogP contribution in [0.3, 0.4) is 0 Å². The first-order valence-corrected chi connectivity index (χ1v) is 5.78. The fraction of sp³-hybridized carbons (Fsp3) is 0.143. The molecule has 0 saturated carbocycles. The molecule has 1 atom stereocenters. The van der Waals surface area contributed by atoms with E-state index >= 15 is 0 Å². The molecule has 0 aliphatic heterocycles. The molecular weight excluding hydrogens is 226 g/mol. The minimum Gasteiger partial charge on any atom is -0.346 e. The average molecular weight is 241 g/mol. The van der Waals surface area contributed by atoms with Crippen LogP contribution in [0.2, 0.25) is 0 Å². The number of hydrogen-bond donors (Lipinski definition) is 2. The molecule has 92 valence electrons. The van der Waals surface area contributed by atoms with Crippen LogP contribution in [0.1, 0.15) is 24.1 Å². The molecule has 0 radical (unpaired) electrons. The van der Waals surface area contributed by atoms with Crippen molar-refractivity contribution in [3.63, 3.8) is 0 Å². The fourth-order valence-electron chi connectivity index (χ4n) is 1.58. The van der Waals surface area contributed by atoms with Gasteiger partial charge < -0.3 is 5.32 Å². The molecule has 0 bridgehead atoms. The first-order chi connectivity index (χ1) is 8.75. The van der Waals surface area contributed by atoms with Crippen LogP contribution in [0.25, 0.3) is 6.08 Å². The maximum atomic E-state index is 11.7. The molecule has 1 aromatic heterocycles. The molecule has 1 amide bonds. The number of H-pyrrole nitrogens is 1. The summed E-state index contributed by atoms with van der Waals surface area (Å²) in [4.78, 5) is 11.7. The lowest BCUT2D eigenvalue weighted by atomic mass is 10.2. The van der Waals surface area contributed by atoms with Gasteiger partial charge >= 0.3 is 0 Å². The quantitative estimate of drug-likeness (QED) is 0.807. The van der Waals surface area contributed by atoms with Gasteiger partial charge in [-0.15, -0.1) is 0 Å². The van der Waals surface area contributed by atoms with E-state index in [1.165, 1.54) is 6.08 Å². The topological polar surface area (TPSA) is 57.8 Å².